The molecule has 126 valence electrons. The Balaban J connectivity index is 1.93. The quantitative estimate of drug-likeness (QED) is 0.512. The van der Waals surface area contributed by atoms with Gasteiger partial charge in [0, 0.05) is 26.2 Å². The van der Waals surface area contributed by atoms with Gasteiger partial charge in [0.05, 0.1) is 12.7 Å². The van der Waals surface area contributed by atoms with Gasteiger partial charge in [-0.25, -0.2) is 0 Å². The number of nitrogens with one attached hydrogen (secondary N) is 1. The zero-order valence-corrected chi connectivity index (χ0v) is 14.1. The Kier molecular flexibility index (Phi) is 11.1. The predicted octanol–water partition coefficient (Wildman–Crippen LogP) is 2.27. The number of hydrogen-bond donors (Lipinski definition) is 2. The molecule has 1 heterocycles. The van der Waals surface area contributed by atoms with E-state index in [0.29, 0.717) is 19.1 Å². The van der Waals surface area contributed by atoms with Gasteiger partial charge in [0.2, 0.25) is 0 Å². The minimum atomic E-state index is -0.382. The number of nitrogens with zero attached hydrogens (tertiary/aromatic N) is 1. The molecule has 1 rings (SSSR count). The second-order valence-electron chi connectivity index (χ2n) is 6.36. The maximum Gasteiger partial charge on any atom is 0.0897 e. The third kappa shape index (κ3) is 9.46. The summed E-state index contributed by atoms with van der Waals surface area (Å²) >= 11 is 0. The highest BCUT2D eigenvalue weighted by molar-refractivity contribution is 4.68. The van der Waals surface area contributed by atoms with Gasteiger partial charge < -0.3 is 20.1 Å². The molecule has 0 spiro atoms. The van der Waals surface area contributed by atoms with Crippen molar-refractivity contribution in [3.8, 4) is 0 Å². The SMILES string of the molecule is CCCCC(CC)COCC(O)CNCCN1CCCC1. The van der Waals surface area contributed by atoms with Crippen molar-refractivity contribution >= 4 is 0 Å². The number of unbranched alkanes of at least 4 members (excludes halogenated alkanes) is 1. The molecule has 2 N–H and O–H groups in total. The zero-order chi connectivity index (χ0) is 15.3. The van der Waals surface area contributed by atoms with Crippen LogP contribution in [0, 0.1) is 5.92 Å². The first kappa shape index (κ1) is 18.9. The monoisotopic (exact) mass is 300 g/mol. The summed E-state index contributed by atoms with van der Waals surface area (Å²) in [5, 5.41) is 13.2. The molecule has 1 aliphatic heterocycles. The van der Waals surface area contributed by atoms with Gasteiger partial charge in [-0.2, -0.15) is 0 Å². The maximum atomic E-state index is 9.90. The molecule has 4 heteroatoms. The van der Waals surface area contributed by atoms with Crippen LogP contribution in [0.25, 0.3) is 0 Å². The third-order valence-electron chi connectivity index (χ3n) is 4.39. The fraction of sp³-hybridized carbons (Fsp3) is 1.00. The Morgan fingerprint density at radius 1 is 1.19 bits per heavy atom. The van der Waals surface area contributed by atoms with Crippen molar-refractivity contribution in [2.45, 2.75) is 58.5 Å². The lowest BCUT2D eigenvalue weighted by Crippen LogP contribution is -2.36. The summed E-state index contributed by atoms with van der Waals surface area (Å²) in [6, 6.07) is 0. The largest absolute Gasteiger partial charge is 0.389 e. The van der Waals surface area contributed by atoms with Crippen LogP contribution in [0.4, 0.5) is 0 Å². The molecule has 1 fully saturated rings. The van der Waals surface area contributed by atoms with Crippen LogP contribution in [0.15, 0.2) is 0 Å². The van der Waals surface area contributed by atoms with E-state index in [0.717, 1.165) is 19.7 Å². The molecule has 0 bridgehead atoms. The molecule has 0 saturated carbocycles. The molecule has 1 aliphatic rings. The lowest BCUT2D eigenvalue weighted by Gasteiger charge is -2.18. The van der Waals surface area contributed by atoms with Crippen molar-refractivity contribution < 1.29 is 9.84 Å². The van der Waals surface area contributed by atoms with Crippen LogP contribution >= 0.6 is 0 Å². The lowest BCUT2D eigenvalue weighted by molar-refractivity contribution is 0.0193. The van der Waals surface area contributed by atoms with Gasteiger partial charge in [0.25, 0.3) is 0 Å². The summed E-state index contributed by atoms with van der Waals surface area (Å²) in [5.41, 5.74) is 0. The first-order chi connectivity index (χ1) is 10.3. The van der Waals surface area contributed by atoms with E-state index < -0.39 is 0 Å². The Labute approximate surface area is 131 Å². The van der Waals surface area contributed by atoms with Crippen LogP contribution in [-0.4, -0.2) is 62.0 Å². The van der Waals surface area contributed by atoms with E-state index in [1.165, 1.54) is 51.6 Å². The van der Waals surface area contributed by atoms with Crippen molar-refractivity contribution in [2.75, 3.05) is 45.9 Å². The maximum absolute atomic E-state index is 9.90. The Morgan fingerprint density at radius 2 is 1.95 bits per heavy atom. The molecule has 2 unspecified atom stereocenters. The summed E-state index contributed by atoms with van der Waals surface area (Å²) in [7, 11) is 0. The predicted molar refractivity (Wildman–Crippen MR) is 88.7 cm³/mol. The van der Waals surface area contributed by atoms with Gasteiger partial charge in [-0.15, -0.1) is 0 Å². The summed E-state index contributed by atoms with van der Waals surface area (Å²) in [6.45, 7) is 10.9. The van der Waals surface area contributed by atoms with E-state index in [-0.39, 0.29) is 6.10 Å². The van der Waals surface area contributed by atoms with E-state index in [2.05, 4.69) is 24.1 Å². The van der Waals surface area contributed by atoms with Crippen LogP contribution in [-0.2, 0) is 4.74 Å². The van der Waals surface area contributed by atoms with E-state index in [4.69, 9.17) is 4.74 Å². The number of rotatable bonds is 13. The van der Waals surface area contributed by atoms with E-state index in [1.807, 2.05) is 0 Å². The molecule has 0 aromatic heterocycles. The minimum absolute atomic E-state index is 0.382. The van der Waals surface area contributed by atoms with Crippen molar-refractivity contribution in [1.82, 2.24) is 10.2 Å². The zero-order valence-electron chi connectivity index (χ0n) is 14.1. The lowest BCUT2D eigenvalue weighted by atomic mass is 10.0. The van der Waals surface area contributed by atoms with E-state index >= 15 is 0 Å². The molecular formula is C17H36N2O2. The van der Waals surface area contributed by atoms with Crippen LogP contribution in [0.1, 0.15) is 52.4 Å². The van der Waals surface area contributed by atoms with Gasteiger partial charge in [-0.3, -0.25) is 0 Å². The summed E-state index contributed by atoms with van der Waals surface area (Å²) < 4.78 is 5.68. The molecular weight excluding hydrogens is 264 g/mol. The molecule has 0 amide bonds. The highest BCUT2D eigenvalue weighted by Crippen LogP contribution is 2.12. The molecule has 21 heavy (non-hydrogen) atoms. The van der Waals surface area contributed by atoms with Crippen LogP contribution in [0.2, 0.25) is 0 Å². The first-order valence-corrected chi connectivity index (χ1v) is 8.95. The first-order valence-electron chi connectivity index (χ1n) is 8.95. The summed E-state index contributed by atoms with van der Waals surface area (Å²) in [6.07, 6.45) is 7.25. The van der Waals surface area contributed by atoms with Crippen LogP contribution in [0.3, 0.4) is 0 Å². The fourth-order valence-corrected chi connectivity index (χ4v) is 2.84. The van der Waals surface area contributed by atoms with Gasteiger partial charge in [-0.1, -0.05) is 33.1 Å². The molecule has 0 aromatic rings. The number of aliphatic hydroxyl groups is 1. The second kappa shape index (κ2) is 12.4. The standard InChI is InChI=1S/C17H36N2O2/c1-3-5-8-16(4-2)14-21-15-17(20)13-18-9-12-19-10-6-7-11-19/h16-18,20H,3-15H2,1-2H3. The van der Waals surface area contributed by atoms with Crippen LogP contribution in [0.5, 0.6) is 0 Å². The number of hydrogen-bond acceptors (Lipinski definition) is 4. The Morgan fingerprint density at radius 3 is 2.62 bits per heavy atom. The second-order valence-corrected chi connectivity index (χ2v) is 6.36. The van der Waals surface area contributed by atoms with Crippen molar-refractivity contribution in [2.24, 2.45) is 5.92 Å². The third-order valence-corrected chi connectivity index (χ3v) is 4.39. The normalized spacial score (nSPS) is 19.0. The van der Waals surface area contributed by atoms with Crippen LogP contribution < -0.4 is 5.32 Å². The van der Waals surface area contributed by atoms with E-state index in [9.17, 15) is 5.11 Å². The van der Waals surface area contributed by atoms with Gasteiger partial charge in [-0.05, 0) is 38.3 Å². The van der Waals surface area contributed by atoms with Gasteiger partial charge in [0.15, 0.2) is 0 Å². The molecule has 4 nitrogen and oxygen atoms in total. The molecule has 1 saturated heterocycles. The molecule has 0 aromatic carbocycles. The molecule has 0 aliphatic carbocycles. The fourth-order valence-electron chi connectivity index (χ4n) is 2.84. The van der Waals surface area contributed by atoms with Crippen molar-refractivity contribution in [3.63, 3.8) is 0 Å². The van der Waals surface area contributed by atoms with Gasteiger partial charge >= 0.3 is 0 Å². The average molecular weight is 300 g/mol. The Bertz CT molecular complexity index is 233. The molecule has 0 radical (unpaired) electrons. The number of ether oxygens (including phenoxy) is 1. The van der Waals surface area contributed by atoms with E-state index in [1.54, 1.807) is 0 Å². The smallest absolute Gasteiger partial charge is 0.0897 e. The average Bonchev–Trinajstić information content (AvgIpc) is 3.00. The topological polar surface area (TPSA) is 44.7 Å². The highest BCUT2D eigenvalue weighted by atomic mass is 16.5. The number of aliphatic hydroxyl groups excluding tert-OH is 1. The van der Waals surface area contributed by atoms with Gasteiger partial charge in [0.1, 0.15) is 0 Å². The molecule has 2 atom stereocenters. The van der Waals surface area contributed by atoms with Crippen molar-refractivity contribution in [3.05, 3.63) is 0 Å². The summed E-state index contributed by atoms with van der Waals surface area (Å²) in [4.78, 5) is 2.48. The van der Waals surface area contributed by atoms with Crippen molar-refractivity contribution in [1.29, 1.82) is 0 Å². The minimum Gasteiger partial charge on any atom is -0.389 e. The summed E-state index contributed by atoms with van der Waals surface area (Å²) in [5.74, 6) is 0.653. The Hall–Kier alpha value is -0.160. The highest BCUT2D eigenvalue weighted by Gasteiger charge is 2.11. The number of likely N-dealkylation sites (tertiary alicyclic amines) is 1.